The number of aryl methyl sites for hydroxylation is 1. The van der Waals surface area contributed by atoms with Gasteiger partial charge in [-0.05, 0) is 37.6 Å². The van der Waals surface area contributed by atoms with Crippen LogP contribution < -0.4 is 4.90 Å². The van der Waals surface area contributed by atoms with Crippen LogP contribution in [-0.2, 0) is 17.2 Å². The Hall–Kier alpha value is -2.95. The lowest BCUT2D eigenvalue weighted by molar-refractivity contribution is 0.0983. The predicted molar refractivity (Wildman–Crippen MR) is 134 cm³/mol. The third kappa shape index (κ3) is 3.77. The van der Waals surface area contributed by atoms with Crippen molar-refractivity contribution in [1.82, 2.24) is 20.2 Å². The zero-order chi connectivity index (χ0) is 23.1. The molecule has 1 aliphatic rings. The van der Waals surface area contributed by atoms with Gasteiger partial charge < -0.3 is 14.7 Å². The molecule has 1 saturated heterocycles. The average Bonchev–Trinajstić information content (AvgIpc) is 3.35. The van der Waals surface area contributed by atoms with Crippen LogP contribution in [0.2, 0.25) is 0 Å². The number of ether oxygens (including phenoxy) is 1. The van der Waals surface area contributed by atoms with E-state index < -0.39 is 0 Å². The van der Waals surface area contributed by atoms with Gasteiger partial charge >= 0.3 is 0 Å². The van der Waals surface area contributed by atoms with Crippen LogP contribution in [0.3, 0.4) is 0 Å². The minimum atomic E-state index is 0.0546. The monoisotopic (exact) mass is 524 g/mol. The van der Waals surface area contributed by atoms with E-state index in [0.717, 1.165) is 21.0 Å². The first kappa shape index (κ1) is 21.9. The lowest BCUT2D eigenvalue weighted by Gasteiger charge is -2.35. The van der Waals surface area contributed by atoms with Gasteiger partial charge in [-0.3, -0.25) is 5.10 Å². The zero-order valence-electron chi connectivity index (χ0n) is 18.0. The number of hydrogen-bond donors (Lipinski definition) is 2. The lowest BCUT2D eigenvalue weighted by Crippen LogP contribution is -2.44. The molecule has 0 unspecified atom stereocenters. The van der Waals surface area contributed by atoms with Gasteiger partial charge in [0.25, 0.3) is 0 Å². The Balaban J connectivity index is 1.92. The summed E-state index contributed by atoms with van der Waals surface area (Å²) in [5.74, 6) is 1.02. The summed E-state index contributed by atoms with van der Waals surface area (Å²) in [6.07, 6.45) is 1.66. The third-order valence-electron chi connectivity index (χ3n) is 5.92. The Labute approximate surface area is 204 Å². The third-order valence-corrected chi connectivity index (χ3v) is 6.62. The number of benzene rings is 1. The molecule has 0 amide bonds. The van der Waals surface area contributed by atoms with Crippen molar-refractivity contribution in [3.63, 3.8) is 0 Å². The van der Waals surface area contributed by atoms with E-state index in [1.54, 1.807) is 6.20 Å². The SMILES string of the molecule is Cc1c(N=S)nc(-c2ccn[nH]2)c2nc(N3CCOC[C@H]3C)c(O)c(-c3ccc(Br)cc3)c12. The molecule has 3 aromatic heterocycles. The number of halogens is 1. The summed E-state index contributed by atoms with van der Waals surface area (Å²) in [6, 6.07) is 9.70. The van der Waals surface area contributed by atoms with E-state index in [2.05, 4.69) is 42.3 Å². The minimum Gasteiger partial charge on any atom is -0.504 e. The van der Waals surface area contributed by atoms with Crippen molar-refractivity contribution in [2.24, 2.45) is 4.36 Å². The van der Waals surface area contributed by atoms with Gasteiger partial charge in [-0.15, -0.1) is 0 Å². The number of hydrogen-bond acceptors (Lipinski definition) is 8. The molecule has 168 valence electrons. The Morgan fingerprint density at radius 2 is 2.03 bits per heavy atom. The van der Waals surface area contributed by atoms with Gasteiger partial charge in [0.05, 0.1) is 24.9 Å². The molecule has 0 radical (unpaired) electrons. The van der Waals surface area contributed by atoms with E-state index >= 15 is 0 Å². The first-order valence-electron chi connectivity index (χ1n) is 10.5. The summed E-state index contributed by atoms with van der Waals surface area (Å²) < 4.78 is 10.6. The highest BCUT2D eigenvalue weighted by atomic mass is 79.9. The molecule has 0 bridgehead atoms. The van der Waals surface area contributed by atoms with Crippen LogP contribution in [-0.4, -0.2) is 51.1 Å². The largest absolute Gasteiger partial charge is 0.504 e. The van der Waals surface area contributed by atoms with Crippen molar-refractivity contribution in [2.45, 2.75) is 19.9 Å². The van der Waals surface area contributed by atoms with E-state index in [1.165, 1.54) is 0 Å². The molecule has 10 heteroatoms. The molecular weight excluding hydrogens is 504 g/mol. The second-order valence-electron chi connectivity index (χ2n) is 7.98. The minimum absolute atomic E-state index is 0.0546. The molecule has 1 atom stereocenters. The van der Waals surface area contributed by atoms with Gasteiger partial charge in [-0.2, -0.15) is 9.46 Å². The van der Waals surface area contributed by atoms with E-state index in [9.17, 15) is 5.11 Å². The predicted octanol–water partition coefficient (Wildman–Crippen LogP) is 5.05. The summed E-state index contributed by atoms with van der Waals surface area (Å²) in [7, 11) is 0. The van der Waals surface area contributed by atoms with Crippen LogP contribution in [0.15, 0.2) is 45.4 Å². The highest BCUT2D eigenvalue weighted by Crippen LogP contribution is 2.46. The number of nitrogens with zero attached hydrogens (tertiary/aromatic N) is 5. The standard InChI is InChI=1S/C23H21BrN6O2S/c1-12-11-32-10-9-30(12)23-21(31)18(14-3-5-15(24)6-4-14)17-13(2)22(29-33)26-19(20(17)27-23)16-7-8-25-28-16/h3-8,12,31H,9-11H2,1-2H3,(H,25,28)/t12-/m1/s1. The molecule has 0 aliphatic carbocycles. The molecule has 4 aromatic rings. The normalized spacial score (nSPS) is 16.3. The van der Waals surface area contributed by atoms with Crippen molar-refractivity contribution in [1.29, 1.82) is 0 Å². The number of aromatic amines is 1. The molecule has 0 saturated carbocycles. The Bertz CT molecular complexity index is 1340. The number of morpholine rings is 1. The number of aromatic hydroxyl groups is 1. The summed E-state index contributed by atoms with van der Waals surface area (Å²) >= 11 is 8.54. The molecule has 33 heavy (non-hydrogen) atoms. The van der Waals surface area contributed by atoms with Crippen LogP contribution in [0.5, 0.6) is 5.75 Å². The molecule has 0 spiro atoms. The number of anilines is 1. The summed E-state index contributed by atoms with van der Waals surface area (Å²) in [4.78, 5) is 11.8. The fraction of sp³-hybridized carbons (Fsp3) is 0.261. The van der Waals surface area contributed by atoms with Gasteiger partial charge in [0.15, 0.2) is 17.4 Å². The van der Waals surface area contributed by atoms with Crippen LogP contribution in [0, 0.1) is 6.92 Å². The second kappa shape index (κ2) is 8.77. The lowest BCUT2D eigenvalue weighted by atomic mass is 9.95. The molecule has 1 fully saturated rings. The van der Waals surface area contributed by atoms with Crippen molar-refractivity contribution in [3.8, 4) is 28.3 Å². The van der Waals surface area contributed by atoms with Crippen molar-refractivity contribution < 1.29 is 9.84 Å². The van der Waals surface area contributed by atoms with Crippen LogP contribution in [0.4, 0.5) is 11.6 Å². The molecule has 1 aromatic carbocycles. The van der Waals surface area contributed by atoms with Gasteiger partial charge in [0.2, 0.25) is 0 Å². The van der Waals surface area contributed by atoms with E-state index in [-0.39, 0.29) is 11.8 Å². The van der Waals surface area contributed by atoms with Crippen LogP contribution in [0.25, 0.3) is 33.4 Å². The molecule has 1 aliphatic heterocycles. The maximum Gasteiger partial charge on any atom is 0.172 e. The fourth-order valence-corrected chi connectivity index (χ4v) is 4.70. The smallest absolute Gasteiger partial charge is 0.172 e. The second-order valence-corrected chi connectivity index (χ2v) is 9.08. The maximum atomic E-state index is 11.6. The highest BCUT2D eigenvalue weighted by molar-refractivity contribution is 9.10. The van der Waals surface area contributed by atoms with Crippen LogP contribution >= 0.6 is 15.9 Å². The van der Waals surface area contributed by atoms with Gasteiger partial charge in [-0.25, -0.2) is 9.97 Å². The summed E-state index contributed by atoms with van der Waals surface area (Å²) in [5, 5.41) is 19.4. The van der Waals surface area contributed by atoms with Crippen LogP contribution in [0.1, 0.15) is 12.5 Å². The van der Waals surface area contributed by atoms with E-state index in [0.29, 0.717) is 53.9 Å². The van der Waals surface area contributed by atoms with Gasteiger partial charge in [0.1, 0.15) is 11.2 Å². The first-order chi connectivity index (χ1) is 16.0. The average molecular weight is 525 g/mol. The van der Waals surface area contributed by atoms with Crippen molar-refractivity contribution in [2.75, 3.05) is 24.7 Å². The number of H-pyrrole nitrogens is 1. The molecule has 2 N–H and O–H groups in total. The van der Waals surface area contributed by atoms with E-state index in [4.69, 9.17) is 27.1 Å². The summed E-state index contributed by atoms with van der Waals surface area (Å²) in [6.45, 7) is 5.71. The summed E-state index contributed by atoms with van der Waals surface area (Å²) in [5.41, 5.74) is 4.19. The topological polar surface area (TPSA) is 99.5 Å². The maximum absolute atomic E-state index is 11.6. The van der Waals surface area contributed by atoms with Crippen molar-refractivity contribution >= 4 is 50.9 Å². The van der Waals surface area contributed by atoms with E-state index in [1.807, 2.05) is 37.3 Å². The number of aromatic nitrogens is 4. The first-order valence-corrected chi connectivity index (χ1v) is 11.7. The molecule has 8 nitrogen and oxygen atoms in total. The quantitative estimate of drug-likeness (QED) is 0.385. The molecular formula is C23H21BrN6O2S. The number of nitrogens with one attached hydrogen (secondary N) is 1. The van der Waals surface area contributed by atoms with Gasteiger partial charge in [0, 0.05) is 46.2 Å². The Kier molecular flexibility index (Phi) is 5.81. The number of rotatable bonds is 4. The fourth-order valence-electron chi connectivity index (χ4n) is 4.26. The Morgan fingerprint density at radius 3 is 2.70 bits per heavy atom. The number of fused-ring (bicyclic) bond motifs is 1. The molecule has 5 rings (SSSR count). The van der Waals surface area contributed by atoms with Gasteiger partial charge in [-0.1, -0.05) is 28.1 Å². The molecule has 4 heterocycles. The zero-order valence-corrected chi connectivity index (χ0v) is 20.4. The highest BCUT2D eigenvalue weighted by Gasteiger charge is 2.29. The Morgan fingerprint density at radius 1 is 1.24 bits per heavy atom. The number of pyridine rings is 2. The van der Waals surface area contributed by atoms with Crippen molar-refractivity contribution in [3.05, 3.63) is 46.6 Å².